The summed E-state index contributed by atoms with van der Waals surface area (Å²) in [6.45, 7) is 0. The maximum absolute atomic E-state index is 6.45. The maximum Gasteiger partial charge on any atom is 0.170 e. The van der Waals surface area contributed by atoms with Crippen molar-refractivity contribution in [1.82, 2.24) is 0 Å². The van der Waals surface area contributed by atoms with Gasteiger partial charge < -0.3 is 14.4 Å². The van der Waals surface area contributed by atoms with Crippen LogP contribution in [0.25, 0.3) is 65.7 Å². The summed E-state index contributed by atoms with van der Waals surface area (Å²) in [6, 6.07) is 75.2. The fraction of sp³-hybridized carbons (Fsp3) is 0. The molecule has 1 aliphatic rings. The Bertz CT molecular complexity index is 3090. The smallest absolute Gasteiger partial charge is 0.170 e. The highest BCUT2D eigenvalue weighted by Crippen LogP contribution is 2.47. The molecule has 0 atom stereocenters. The lowest BCUT2D eigenvalue weighted by atomic mass is 9.93. The fourth-order valence-electron chi connectivity index (χ4n) is 8.30. The maximum atomic E-state index is 6.45. The van der Waals surface area contributed by atoms with Gasteiger partial charge in [0.2, 0.25) is 0 Å². The number of fused-ring (bicyclic) bond motifs is 4. The minimum absolute atomic E-state index is 0.704. The van der Waals surface area contributed by atoms with Gasteiger partial charge in [-0.05, 0) is 127 Å². The van der Waals surface area contributed by atoms with Gasteiger partial charge in [0, 0.05) is 17.1 Å². The third-order valence-corrected chi connectivity index (χ3v) is 11.1. The molecule has 11 rings (SSSR count). The zero-order valence-electron chi connectivity index (χ0n) is 31.0. The van der Waals surface area contributed by atoms with Crippen LogP contribution >= 0.6 is 0 Å². The van der Waals surface area contributed by atoms with Crippen LogP contribution in [0, 0.1) is 0 Å². The number of nitrogens with zero attached hydrogens (tertiary/aromatic N) is 1. The fourth-order valence-corrected chi connectivity index (χ4v) is 8.30. The van der Waals surface area contributed by atoms with Crippen LogP contribution in [0.5, 0.6) is 23.0 Å². The second-order valence-corrected chi connectivity index (χ2v) is 14.5. The Labute approximate surface area is 331 Å². The Kier molecular flexibility index (Phi) is 7.82. The minimum Gasteiger partial charge on any atom is -0.453 e. The van der Waals surface area contributed by atoms with Crippen molar-refractivity contribution in [2.75, 3.05) is 4.90 Å². The third kappa shape index (κ3) is 5.85. The first-order chi connectivity index (χ1) is 28.2. The van der Waals surface area contributed by atoms with Gasteiger partial charge in [-0.2, -0.15) is 0 Å². The zero-order valence-corrected chi connectivity index (χ0v) is 31.0. The van der Waals surface area contributed by atoms with E-state index in [-0.39, 0.29) is 0 Å². The molecule has 1 heterocycles. The lowest BCUT2D eigenvalue weighted by Gasteiger charge is -2.26. The summed E-state index contributed by atoms with van der Waals surface area (Å²) in [4.78, 5) is 2.32. The summed E-state index contributed by atoms with van der Waals surface area (Å²) in [5.74, 6) is 3.02. The Balaban J connectivity index is 0.879. The molecule has 0 amide bonds. The van der Waals surface area contributed by atoms with Gasteiger partial charge in [-0.3, -0.25) is 0 Å². The molecule has 0 saturated carbocycles. The number of para-hydroxylation sites is 1. The topological polar surface area (TPSA) is 21.7 Å². The van der Waals surface area contributed by atoms with E-state index in [0.717, 1.165) is 61.6 Å². The average molecular weight is 730 g/mol. The molecule has 57 heavy (non-hydrogen) atoms. The van der Waals surface area contributed by atoms with Gasteiger partial charge in [-0.15, -0.1) is 0 Å². The number of ether oxygens (including phenoxy) is 2. The predicted molar refractivity (Wildman–Crippen MR) is 237 cm³/mol. The van der Waals surface area contributed by atoms with Crippen LogP contribution in [0.4, 0.5) is 17.1 Å². The van der Waals surface area contributed by atoms with Gasteiger partial charge in [0.25, 0.3) is 0 Å². The molecular formula is C54H35NO2. The van der Waals surface area contributed by atoms with Crippen LogP contribution < -0.4 is 14.4 Å². The molecule has 3 heteroatoms. The predicted octanol–water partition coefficient (Wildman–Crippen LogP) is 15.5. The molecule has 268 valence electrons. The van der Waals surface area contributed by atoms with Crippen LogP contribution in [-0.4, -0.2) is 0 Å². The lowest BCUT2D eigenvalue weighted by molar-refractivity contribution is 0.439. The average Bonchev–Trinajstić information content (AvgIpc) is 3.44. The van der Waals surface area contributed by atoms with Crippen LogP contribution in [-0.2, 0) is 0 Å². The first kappa shape index (κ1) is 32.8. The van der Waals surface area contributed by atoms with Gasteiger partial charge in [0.1, 0.15) is 11.5 Å². The third-order valence-electron chi connectivity index (χ3n) is 11.1. The summed E-state index contributed by atoms with van der Waals surface area (Å²) in [5, 5.41) is 7.15. The van der Waals surface area contributed by atoms with Crippen molar-refractivity contribution in [3.63, 3.8) is 0 Å². The van der Waals surface area contributed by atoms with Crippen LogP contribution in [0.3, 0.4) is 0 Å². The van der Waals surface area contributed by atoms with Crippen LogP contribution in [0.2, 0.25) is 0 Å². The van der Waals surface area contributed by atoms with Crippen molar-refractivity contribution >= 4 is 49.4 Å². The van der Waals surface area contributed by atoms with Crippen molar-refractivity contribution in [2.24, 2.45) is 0 Å². The molecule has 0 bridgehead atoms. The molecule has 10 aromatic rings. The highest BCUT2D eigenvalue weighted by atomic mass is 16.5. The summed E-state index contributed by atoms with van der Waals surface area (Å²) < 4.78 is 12.8. The molecule has 0 aromatic heterocycles. The molecule has 0 radical (unpaired) electrons. The Morgan fingerprint density at radius 1 is 0.281 bits per heavy atom. The number of hydrogen-bond donors (Lipinski definition) is 0. The monoisotopic (exact) mass is 729 g/mol. The van der Waals surface area contributed by atoms with E-state index >= 15 is 0 Å². The van der Waals surface area contributed by atoms with E-state index in [2.05, 4.69) is 187 Å². The van der Waals surface area contributed by atoms with Crippen molar-refractivity contribution in [3.05, 3.63) is 212 Å². The highest BCUT2D eigenvalue weighted by molar-refractivity contribution is 6.13. The molecule has 0 saturated heterocycles. The van der Waals surface area contributed by atoms with Gasteiger partial charge >= 0.3 is 0 Å². The van der Waals surface area contributed by atoms with E-state index in [1.54, 1.807) is 0 Å². The molecule has 3 nitrogen and oxygen atoms in total. The molecule has 1 aliphatic heterocycles. The van der Waals surface area contributed by atoms with Crippen molar-refractivity contribution in [3.8, 4) is 56.4 Å². The number of hydrogen-bond acceptors (Lipinski definition) is 3. The van der Waals surface area contributed by atoms with Crippen molar-refractivity contribution in [2.45, 2.75) is 0 Å². The van der Waals surface area contributed by atoms with Gasteiger partial charge in [0.05, 0.1) is 5.39 Å². The summed E-state index contributed by atoms with van der Waals surface area (Å²) in [6.07, 6.45) is 0. The molecule has 0 N–H and O–H groups in total. The SMILES string of the molecule is c1ccc(N(c2ccc(-c3ccc(-c4ccc5c(c4)Oc4cccc6cccc(c46)O5)cc3)cc2)c2ccc(-c3cc4ccccc4c4ccccc34)cc2)cc1. The first-order valence-electron chi connectivity index (χ1n) is 19.3. The van der Waals surface area contributed by atoms with Crippen molar-refractivity contribution < 1.29 is 9.47 Å². The van der Waals surface area contributed by atoms with Gasteiger partial charge in [0.15, 0.2) is 11.5 Å². The first-order valence-corrected chi connectivity index (χ1v) is 19.3. The van der Waals surface area contributed by atoms with E-state index in [1.807, 2.05) is 30.3 Å². The quantitative estimate of drug-likeness (QED) is 0.159. The van der Waals surface area contributed by atoms with E-state index in [1.165, 1.54) is 32.7 Å². The van der Waals surface area contributed by atoms with Crippen LogP contribution in [0.1, 0.15) is 0 Å². The van der Waals surface area contributed by atoms with Crippen molar-refractivity contribution in [1.29, 1.82) is 0 Å². The van der Waals surface area contributed by atoms with Gasteiger partial charge in [-0.25, -0.2) is 0 Å². The molecular weight excluding hydrogens is 695 g/mol. The van der Waals surface area contributed by atoms with E-state index in [0.29, 0.717) is 11.5 Å². The summed E-state index contributed by atoms with van der Waals surface area (Å²) in [7, 11) is 0. The Hall–Kier alpha value is -7.62. The minimum atomic E-state index is 0.704. The molecule has 0 unspecified atom stereocenters. The zero-order chi connectivity index (χ0) is 37.7. The summed E-state index contributed by atoms with van der Waals surface area (Å²) in [5.41, 5.74) is 10.2. The van der Waals surface area contributed by atoms with Crippen LogP contribution in [0.15, 0.2) is 212 Å². The molecule has 0 fully saturated rings. The van der Waals surface area contributed by atoms with E-state index < -0.39 is 0 Å². The second-order valence-electron chi connectivity index (χ2n) is 14.5. The lowest BCUT2D eigenvalue weighted by Crippen LogP contribution is -2.09. The number of rotatable bonds is 6. The summed E-state index contributed by atoms with van der Waals surface area (Å²) >= 11 is 0. The van der Waals surface area contributed by atoms with Gasteiger partial charge in [-0.1, -0.05) is 146 Å². The second kappa shape index (κ2) is 13.6. The van der Waals surface area contributed by atoms with E-state index in [9.17, 15) is 0 Å². The van der Waals surface area contributed by atoms with E-state index in [4.69, 9.17) is 9.47 Å². The molecule has 0 spiro atoms. The Morgan fingerprint density at radius 2 is 0.772 bits per heavy atom. The number of anilines is 3. The standard InChI is InChI=1S/C54H35NO2/c1-2-13-43(14-3-1)55(45-31-26-39(27-32-45)49-34-42-10-4-5-15-46(42)47-16-6-7-17-48(47)49)44-29-24-37(25-30-44)36-20-22-38(23-21-36)41-28-33-50-53(35-41)57-52-19-9-12-40-11-8-18-51(56-50)54(40)52/h1-35H. The Morgan fingerprint density at radius 3 is 1.46 bits per heavy atom. The largest absolute Gasteiger partial charge is 0.453 e. The normalized spacial score (nSPS) is 11.8. The highest BCUT2D eigenvalue weighted by Gasteiger charge is 2.19. The number of benzene rings is 10. The molecule has 10 aromatic carbocycles. The molecule has 0 aliphatic carbocycles.